The van der Waals surface area contributed by atoms with Gasteiger partial charge in [0.05, 0.1) is 23.4 Å². The maximum Gasteiger partial charge on any atom is 0.343 e. The molecule has 3 rings (SSSR count). The first-order valence-electron chi connectivity index (χ1n) is 11.6. The molecule has 0 bridgehead atoms. The van der Waals surface area contributed by atoms with Gasteiger partial charge >= 0.3 is 5.97 Å². The zero-order valence-electron chi connectivity index (χ0n) is 21.4. The van der Waals surface area contributed by atoms with E-state index in [9.17, 15) is 14.9 Å². The SMILES string of the molecule is CC(C)NC(C)C.CCOC(=O)c1cc(C#N)c2cccc(-c3c(C)cc(C)cc3C)n2c1=O. The van der Waals surface area contributed by atoms with E-state index in [0.717, 1.165) is 22.3 Å². The molecule has 0 fully saturated rings. The number of nitrogens with zero attached hydrogens (tertiary/aromatic N) is 2. The molecule has 2 aromatic heterocycles. The summed E-state index contributed by atoms with van der Waals surface area (Å²) < 4.78 is 6.44. The smallest absolute Gasteiger partial charge is 0.343 e. The molecule has 0 radical (unpaired) electrons. The number of rotatable bonds is 5. The van der Waals surface area contributed by atoms with Crippen LogP contribution in [0.25, 0.3) is 16.8 Å². The van der Waals surface area contributed by atoms with Gasteiger partial charge in [-0.25, -0.2) is 4.79 Å². The minimum absolute atomic E-state index is 0.138. The quantitative estimate of drug-likeness (QED) is 0.519. The number of pyridine rings is 2. The van der Waals surface area contributed by atoms with Gasteiger partial charge in [0.1, 0.15) is 11.6 Å². The predicted octanol–water partition coefficient (Wildman–Crippen LogP) is 5.33. The van der Waals surface area contributed by atoms with Gasteiger partial charge in [-0.3, -0.25) is 9.20 Å². The molecule has 0 amide bonds. The Hall–Kier alpha value is -3.43. The van der Waals surface area contributed by atoms with Crippen molar-refractivity contribution in [2.24, 2.45) is 0 Å². The first-order chi connectivity index (χ1) is 16.0. The number of carbonyl (C=O) groups is 1. The van der Waals surface area contributed by atoms with Gasteiger partial charge in [-0.2, -0.15) is 5.26 Å². The molecule has 0 spiro atoms. The van der Waals surface area contributed by atoms with E-state index < -0.39 is 11.5 Å². The summed E-state index contributed by atoms with van der Waals surface area (Å²) in [4.78, 5) is 25.4. The van der Waals surface area contributed by atoms with E-state index in [4.69, 9.17) is 4.74 Å². The van der Waals surface area contributed by atoms with Crippen molar-refractivity contribution >= 4 is 11.5 Å². The fourth-order valence-corrected chi connectivity index (χ4v) is 4.23. The van der Waals surface area contributed by atoms with E-state index in [2.05, 4.69) is 39.1 Å². The van der Waals surface area contributed by atoms with Crippen molar-refractivity contribution in [1.29, 1.82) is 5.26 Å². The highest BCUT2D eigenvalue weighted by molar-refractivity contribution is 5.91. The zero-order valence-corrected chi connectivity index (χ0v) is 21.4. The third kappa shape index (κ3) is 6.12. The van der Waals surface area contributed by atoms with Crippen molar-refractivity contribution in [3.63, 3.8) is 0 Å². The van der Waals surface area contributed by atoms with Crippen molar-refractivity contribution in [3.05, 3.63) is 74.6 Å². The molecule has 6 nitrogen and oxygen atoms in total. The molecule has 0 unspecified atom stereocenters. The Bertz CT molecular complexity index is 1250. The lowest BCUT2D eigenvalue weighted by molar-refractivity contribution is 0.0524. The lowest BCUT2D eigenvalue weighted by Gasteiger charge is -2.16. The lowest BCUT2D eigenvalue weighted by Crippen LogP contribution is -2.29. The van der Waals surface area contributed by atoms with Gasteiger partial charge < -0.3 is 10.1 Å². The molecule has 0 aliphatic heterocycles. The summed E-state index contributed by atoms with van der Waals surface area (Å²) in [6.45, 7) is 16.4. The number of aryl methyl sites for hydroxylation is 3. The normalized spacial score (nSPS) is 10.7. The molecule has 0 saturated carbocycles. The van der Waals surface area contributed by atoms with Crippen LogP contribution in [0.4, 0.5) is 0 Å². The van der Waals surface area contributed by atoms with Crippen LogP contribution in [0.2, 0.25) is 0 Å². The molecule has 0 atom stereocenters. The maximum atomic E-state index is 13.1. The van der Waals surface area contributed by atoms with E-state index in [1.165, 1.54) is 10.5 Å². The van der Waals surface area contributed by atoms with Crippen molar-refractivity contribution in [2.45, 2.75) is 67.5 Å². The number of hydrogen-bond donors (Lipinski definition) is 1. The van der Waals surface area contributed by atoms with Crippen LogP contribution in [-0.2, 0) is 4.74 Å². The second-order valence-corrected chi connectivity index (χ2v) is 8.99. The van der Waals surface area contributed by atoms with Gasteiger partial charge in [-0.1, -0.05) is 51.5 Å². The largest absolute Gasteiger partial charge is 0.462 e. The van der Waals surface area contributed by atoms with Gasteiger partial charge in [0, 0.05) is 17.6 Å². The summed E-state index contributed by atoms with van der Waals surface area (Å²) in [5.74, 6) is -0.722. The van der Waals surface area contributed by atoms with Crippen molar-refractivity contribution in [2.75, 3.05) is 6.61 Å². The molecule has 1 N–H and O–H groups in total. The average molecular weight is 462 g/mol. The van der Waals surface area contributed by atoms with Crippen LogP contribution in [0.15, 0.2) is 41.2 Å². The second kappa shape index (κ2) is 11.6. The highest BCUT2D eigenvalue weighted by Crippen LogP contribution is 2.29. The van der Waals surface area contributed by atoms with E-state index in [-0.39, 0.29) is 17.7 Å². The fourth-order valence-electron chi connectivity index (χ4n) is 4.23. The summed E-state index contributed by atoms with van der Waals surface area (Å²) in [6, 6.07) is 14.1. The first kappa shape index (κ1) is 26.8. The Morgan fingerprint density at radius 3 is 2.12 bits per heavy atom. The number of benzene rings is 1. The predicted molar refractivity (Wildman–Crippen MR) is 137 cm³/mol. The van der Waals surface area contributed by atoms with Crippen LogP contribution in [0.3, 0.4) is 0 Å². The number of nitrogens with one attached hydrogen (secondary N) is 1. The fraction of sp³-hybridized carbons (Fsp3) is 0.393. The third-order valence-electron chi connectivity index (χ3n) is 5.20. The van der Waals surface area contributed by atoms with Gasteiger partial charge in [-0.05, 0) is 57.0 Å². The molecule has 2 heterocycles. The van der Waals surface area contributed by atoms with Gasteiger partial charge in [0.2, 0.25) is 0 Å². The van der Waals surface area contributed by atoms with Crippen LogP contribution in [0, 0.1) is 32.1 Å². The molecule has 3 aromatic rings. The number of nitriles is 1. The lowest BCUT2D eigenvalue weighted by atomic mass is 9.96. The molecule has 0 saturated heterocycles. The van der Waals surface area contributed by atoms with Crippen molar-refractivity contribution in [1.82, 2.24) is 9.72 Å². The minimum atomic E-state index is -0.722. The van der Waals surface area contributed by atoms with Crippen LogP contribution in [0.1, 0.15) is 67.2 Å². The van der Waals surface area contributed by atoms with Crippen molar-refractivity contribution in [3.8, 4) is 17.3 Å². The van der Waals surface area contributed by atoms with E-state index in [0.29, 0.717) is 23.3 Å². The van der Waals surface area contributed by atoms with E-state index >= 15 is 0 Å². The van der Waals surface area contributed by atoms with Crippen LogP contribution in [-0.4, -0.2) is 29.1 Å². The van der Waals surface area contributed by atoms with Gasteiger partial charge in [0.15, 0.2) is 0 Å². The number of carbonyl (C=O) groups excluding carboxylic acids is 1. The molecule has 6 heteroatoms. The monoisotopic (exact) mass is 461 g/mol. The third-order valence-corrected chi connectivity index (χ3v) is 5.20. The zero-order chi connectivity index (χ0) is 25.6. The number of aromatic nitrogens is 1. The molecule has 34 heavy (non-hydrogen) atoms. The number of ether oxygens (including phenoxy) is 1. The van der Waals surface area contributed by atoms with E-state index in [1.807, 2.05) is 45.0 Å². The Kier molecular flexibility index (Phi) is 9.17. The summed E-state index contributed by atoms with van der Waals surface area (Å²) in [6.07, 6.45) is 0. The number of esters is 1. The summed E-state index contributed by atoms with van der Waals surface area (Å²) in [5.41, 5.74) is 4.83. The topological polar surface area (TPSA) is 83.6 Å². The summed E-state index contributed by atoms with van der Waals surface area (Å²) in [7, 11) is 0. The van der Waals surface area contributed by atoms with Gasteiger partial charge in [-0.15, -0.1) is 0 Å². The van der Waals surface area contributed by atoms with Gasteiger partial charge in [0.25, 0.3) is 5.56 Å². The Morgan fingerprint density at radius 1 is 1.06 bits per heavy atom. The number of hydrogen-bond acceptors (Lipinski definition) is 5. The molecular formula is C28H35N3O3. The minimum Gasteiger partial charge on any atom is -0.462 e. The second-order valence-electron chi connectivity index (χ2n) is 8.99. The Labute approximate surface area is 202 Å². The van der Waals surface area contributed by atoms with E-state index in [1.54, 1.807) is 13.0 Å². The molecular weight excluding hydrogens is 426 g/mol. The maximum absolute atomic E-state index is 13.1. The highest BCUT2D eigenvalue weighted by atomic mass is 16.5. The average Bonchev–Trinajstić information content (AvgIpc) is 2.73. The summed E-state index contributed by atoms with van der Waals surface area (Å²) in [5, 5.41) is 12.9. The standard InChI is InChI=1S/C22H20N2O3.C6H15N/c1-5-27-22(26)17-11-16(12-23)18-7-6-8-19(24(18)21(17)25)20-14(3)9-13(2)10-15(20)4;1-5(2)7-6(3)4/h6-11H,5H2,1-4H3;5-7H,1-4H3. The Morgan fingerprint density at radius 2 is 1.65 bits per heavy atom. The Balaban J connectivity index is 0.000000509. The van der Waals surface area contributed by atoms with Crippen LogP contribution in [0.5, 0.6) is 0 Å². The molecule has 0 aliphatic carbocycles. The summed E-state index contributed by atoms with van der Waals surface area (Å²) >= 11 is 0. The number of fused-ring (bicyclic) bond motifs is 1. The molecule has 0 aliphatic rings. The molecule has 1 aromatic carbocycles. The van der Waals surface area contributed by atoms with Crippen LogP contribution < -0.4 is 10.9 Å². The van der Waals surface area contributed by atoms with Crippen LogP contribution >= 0.6 is 0 Å². The van der Waals surface area contributed by atoms with Crippen molar-refractivity contribution < 1.29 is 9.53 Å². The first-order valence-corrected chi connectivity index (χ1v) is 11.6. The molecule has 180 valence electrons. The highest BCUT2D eigenvalue weighted by Gasteiger charge is 2.20.